The lowest BCUT2D eigenvalue weighted by atomic mass is 10.3. The first-order valence-electron chi connectivity index (χ1n) is 3.76. The van der Waals surface area contributed by atoms with Gasteiger partial charge in [-0.15, -0.1) is 0 Å². The van der Waals surface area contributed by atoms with Crippen molar-refractivity contribution >= 4 is 5.97 Å². The highest BCUT2D eigenvalue weighted by molar-refractivity contribution is 5.69. The molecule has 0 radical (unpaired) electrons. The van der Waals surface area contributed by atoms with E-state index in [4.69, 9.17) is 10.2 Å². The maximum absolute atomic E-state index is 10.6. The van der Waals surface area contributed by atoms with E-state index in [2.05, 4.69) is 10.1 Å². The number of carbonyl (C=O) groups is 1. The van der Waals surface area contributed by atoms with Crippen LogP contribution in [-0.2, 0) is 9.53 Å². The summed E-state index contributed by atoms with van der Waals surface area (Å²) in [5.74, 6) is -0.308. The molecular weight excluding hydrogens is 162 g/mol. The smallest absolute Gasteiger partial charge is 0.306 e. The van der Waals surface area contributed by atoms with Crippen LogP contribution < -0.4 is 5.32 Å². The van der Waals surface area contributed by atoms with Crippen molar-refractivity contribution in [2.75, 3.05) is 26.9 Å². The highest BCUT2D eigenvalue weighted by Crippen LogP contribution is 1.84. The van der Waals surface area contributed by atoms with E-state index in [0.29, 0.717) is 6.54 Å². The molecule has 0 aliphatic carbocycles. The number of aliphatic hydroxyl groups excluding tert-OH is 2. The molecule has 3 N–H and O–H groups in total. The highest BCUT2D eigenvalue weighted by Gasteiger charge is 2.05. The normalized spacial score (nSPS) is 10.3. The molecule has 0 spiro atoms. The van der Waals surface area contributed by atoms with Crippen molar-refractivity contribution < 1.29 is 19.7 Å². The Bertz CT molecular complexity index is 125. The fourth-order valence-electron chi connectivity index (χ4n) is 0.667. The van der Waals surface area contributed by atoms with Gasteiger partial charge in [0.1, 0.15) is 0 Å². The first-order valence-corrected chi connectivity index (χ1v) is 3.76. The second-order valence-electron chi connectivity index (χ2n) is 2.34. The Balaban J connectivity index is 3.34. The Hall–Kier alpha value is -0.650. The molecule has 0 bridgehead atoms. The predicted molar refractivity (Wildman–Crippen MR) is 42.6 cm³/mol. The van der Waals surface area contributed by atoms with Crippen LogP contribution in [0.15, 0.2) is 0 Å². The van der Waals surface area contributed by atoms with Crippen LogP contribution in [0.3, 0.4) is 0 Å². The minimum absolute atomic E-state index is 0.141. The Morgan fingerprint density at radius 3 is 2.50 bits per heavy atom. The molecule has 0 amide bonds. The molecule has 0 aliphatic heterocycles. The maximum Gasteiger partial charge on any atom is 0.306 e. The van der Waals surface area contributed by atoms with Crippen LogP contribution in [0, 0.1) is 0 Å². The topological polar surface area (TPSA) is 78.8 Å². The van der Waals surface area contributed by atoms with Gasteiger partial charge >= 0.3 is 5.97 Å². The monoisotopic (exact) mass is 177 g/mol. The SMILES string of the molecule is COC(=O)CCNC(CO)CO. The summed E-state index contributed by atoms with van der Waals surface area (Å²) in [6.07, 6.45) is 0.243. The van der Waals surface area contributed by atoms with E-state index in [-0.39, 0.29) is 31.6 Å². The molecule has 0 atom stereocenters. The van der Waals surface area contributed by atoms with E-state index >= 15 is 0 Å². The highest BCUT2D eigenvalue weighted by atomic mass is 16.5. The lowest BCUT2D eigenvalue weighted by Crippen LogP contribution is -2.37. The van der Waals surface area contributed by atoms with Gasteiger partial charge in [0, 0.05) is 6.54 Å². The third kappa shape index (κ3) is 5.06. The molecule has 0 rings (SSSR count). The van der Waals surface area contributed by atoms with Gasteiger partial charge in [-0.3, -0.25) is 4.79 Å². The summed E-state index contributed by atoms with van der Waals surface area (Å²) in [6.45, 7) is 0.119. The predicted octanol–water partition coefficient (Wildman–Crippen LogP) is -1.51. The molecule has 72 valence electrons. The summed E-state index contributed by atoms with van der Waals surface area (Å²) in [6, 6.07) is -0.352. The third-order valence-corrected chi connectivity index (χ3v) is 1.43. The van der Waals surface area contributed by atoms with Gasteiger partial charge in [-0.25, -0.2) is 0 Å². The van der Waals surface area contributed by atoms with Gasteiger partial charge in [0.15, 0.2) is 0 Å². The summed E-state index contributed by atoms with van der Waals surface area (Å²) in [5, 5.41) is 20.0. The standard InChI is InChI=1S/C7H15NO4/c1-12-7(11)2-3-8-6(4-9)5-10/h6,8-10H,2-5H2,1H3. The summed E-state index contributed by atoms with van der Waals surface area (Å²) in [4.78, 5) is 10.6. The maximum atomic E-state index is 10.6. The Morgan fingerprint density at radius 1 is 1.50 bits per heavy atom. The molecule has 0 aromatic heterocycles. The van der Waals surface area contributed by atoms with Gasteiger partial charge in [0.25, 0.3) is 0 Å². The largest absolute Gasteiger partial charge is 0.469 e. The van der Waals surface area contributed by atoms with Crippen LogP contribution in [0.25, 0.3) is 0 Å². The summed E-state index contributed by atoms with van der Waals surface area (Å²) < 4.78 is 4.40. The van der Waals surface area contributed by atoms with Gasteiger partial charge < -0.3 is 20.3 Å². The zero-order valence-corrected chi connectivity index (χ0v) is 7.12. The van der Waals surface area contributed by atoms with Crippen LogP contribution >= 0.6 is 0 Å². The molecule has 0 saturated heterocycles. The summed E-state index contributed by atoms with van der Waals surface area (Å²) in [7, 11) is 1.32. The third-order valence-electron chi connectivity index (χ3n) is 1.43. The number of ether oxygens (including phenoxy) is 1. The minimum Gasteiger partial charge on any atom is -0.469 e. The van der Waals surface area contributed by atoms with Crippen LogP contribution in [-0.4, -0.2) is 49.1 Å². The van der Waals surface area contributed by atoms with Crippen molar-refractivity contribution in [3.8, 4) is 0 Å². The second kappa shape index (κ2) is 7.02. The molecule has 0 fully saturated rings. The van der Waals surface area contributed by atoms with Crippen LogP contribution in [0.2, 0.25) is 0 Å². The molecule has 5 nitrogen and oxygen atoms in total. The lowest BCUT2D eigenvalue weighted by molar-refractivity contribution is -0.140. The van der Waals surface area contributed by atoms with E-state index in [0.717, 1.165) is 0 Å². The minimum atomic E-state index is -0.352. The molecule has 0 aromatic carbocycles. The average Bonchev–Trinajstić information content (AvgIpc) is 2.12. The number of hydrogen-bond acceptors (Lipinski definition) is 5. The van der Waals surface area contributed by atoms with E-state index < -0.39 is 0 Å². The molecule has 12 heavy (non-hydrogen) atoms. The van der Waals surface area contributed by atoms with Crippen LogP contribution in [0.5, 0.6) is 0 Å². The zero-order chi connectivity index (χ0) is 9.40. The fraction of sp³-hybridized carbons (Fsp3) is 0.857. The number of rotatable bonds is 6. The molecule has 0 saturated carbocycles. The fourth-order valence-corrected chi connectivity index (χ4v) is 0.667. The number of hydrogen-bond donors (Lipinski definition) is 3. The van der Waals surface area contributed by atoms with Crippen molar-refractivity contribution in [3.63, 3.8) is 0 Å². The number of aliphatic hydroxyl groups is 2. The zero-order valence-electron chi connectivity index (χ0n) is 7.12. The molecule has 0 aliphatic rings. The molecule has 0 heterocycles. The Labute approximate surface area is 71.3 Å². The van der Waals surface area contributed by atoms with Gasteiger partial charge in [0.2, 0.25) is 0 Å². The summed E-state index contributed by atoms with van der Waals surface area (Å²) in [5.41, 5.74) is 0. The van der Waals surface area contributed by atoms with Gasteiger partial charge in [-0.1, -0.05) is 0 Å². The van der Waals surface area contributed by atoms with Crippen LogP contribution in [0.1, 0.15) is 6.42 Å². The molecule has 0 unspecified atom stereocenters. The number of carbonyl (C=O) groups excluding carboxylic acids is 1. The van der Waals surface area contributed by atoms with E-state index in [1.165, 1.54) is 7.11 Å². The molecule has 0 aromatic rings. The van der Waals surface area contributed by atoms with E-state index in [1.54, 1.807) is 0 Å². The van der Waals surface area contributed by atoms with Gasteiger partial charge in [-0.05, 0) is 0 Å². The van der Waals surface area contributed by atoms with Crippen molar-refractivity contribution in [1.82, 2.24) is 5.32 Å². The van der Waals surface area contributed by atoms with Crippen molar-refractivity contribution in [2.45, 2.75) is 12.5 Å². The quantitative estimate of drug-likeness (QED) is 0.430. The molecular formula is C7H15NO4. The number of methoxy groups -OCH3 is 1. The van der Waals surface area contributed by atoms with Crippen molar-refractivity contribution in [3.05, 3.63) is 0 Å². The van der Waals surface area contributed by atoms with E-state index in [9.17, 15) is 4.79 Å². The average molecular weight is 177 g/mol. The first-order chi connectivity index (χ1) is 5.74. The summed E-state index contributed by atoms with van der Waals surface area (Å²) >= 11 is 0. The van der Waals surface area contributed by atoms with Crippen molar-refractivity contribution in [2.24, 2.45) is 0 Å². The number of esters is 1. The van der Waals surface area contributed by atoms with Gasteiger partial charge in [0.05, 0.1) is 32.8 Å². The first kappa shape index (κ1) is 11.4. The van der Waals surface area contributed by atoms with Crippen LogP contribution in [0.4, 0.5) is 0 Å². The second-order valence-corrected chi connectivity index (χ2v) is 2.34. The Kier molecular flexibility index (Phi) is 6.64. The van der Waals surface area contributed by atoms with Gasteiger partial charge in [-0.2, -0.15) is 0 Å². The number of nitrogens with one attached hydrogen (secondary N) is 1. The van der Waals surface area contributed by atoms with Crippen molar-refractivity contribution in [1.29, 1.82) is 0 Å². The molecule has 5 heteroatoms. The Morgan fingerprint density at radius 2 is 2.08 bits per heavy atom. The lowest BCUT2D eigenvalue weighted by Gasteiger charge is -2.11. The van der Waals surface area contributed by atoms with E-state index in [1.807, 2.05) is 0 Å².